The molecular weight excluding hydrogens is 436 g/mol. The molecule has 9 heteroatoms. The molecule has 0 amide bonds. The number of nitrogens with one attached hydrogen (secondary N) is 2. The molecule has 0 saturated carbocycles. The molecule has 1 aromatic carbocycles. The SMILES string of the molecule is CCOC(=O)COc1ccc(Br)cc1C1NC(=S)NC(C)=C1C(=O)OCC. The lowest BCUT2D eigenvalue weighted by atomic mass is 9.95. The Balaban J connectivity index is 2.42. The third-order valence-electron chi connectivity index (χ3n) is 3.70. The Bertz CT molecular complexity index is 781. The predicted molar refractivity (Wildman–Crippen MR) is 107 cm³/mol. The molecule has 0 saturated heterocycles. The monoisotopic (exact) mass is 456 g/mol. The van der Waals surface area contributed by atoms with Gasteiger partial charge in [0.2, 0.25) is 0 Å². The first-order valence-electron chi connectivity index (χ1n) is 8.40. The molecule has 0 aromatic heterocycles. The summed E-state index contributed by atoms with van der Waals surface area (Å²) in [5.74, 6) is -0.501. The number of carbonyl (C=O) groups is 2. The van der Waals surface area contributed by atoms with Crippen LogP contribution in [0.25, 0.3) is 0 Å². The quantitative estimate of drug-likeness (QED) is 0.478. The van der Waals surface area contributed by atoms with E-state index >= 15 is 0 Å². The van der Waals surface area contributed by atoms with Crippen LogP contribution in [-0.2, 0) is 19.1 Å². The van der Waals surface area contributed by atoms with E-state index in [1.54, 1.807) is 39.0 Å². The second kappa shape index (κ2) is 9.70. The Morgan fingerprint density at radius 1 is 1.22 bits per heavy atom. The molecule has 0 spiro atoms. The first kappa shape index (κ1) is 21.2. The van der Waals surface area contributed by atoms with Crippen molar-refractivity contribution in [3.63, 3.8) is 0 Å². The molecule has 146 valence electrons. The van der Waals surface area contributed by atoms with Crippen LogP contribution in [0.2, 0.25) is 0 Å². The summed E-state index contributed by atoms with van der Waals surface area (Å²) in [4.78, 5) is 24.2. The minimum absolute atomic E-state index is 0.241. The Hall–Kier alpha value is -2.13. The van der Waals surface area contributed by atoms with Gasteiger partial charge in [-0.2, -0.15) is 0 Å². The number of rotatable bonds is 7. The lowest BCUT2D eigenvalue weighted by Gasteiger charge is -2.30. The van der Waals surface area contributed by atoms with Crippen molar-refractivity contribution >= 4 is 45.2 Å². The van der Waals surface area contributed by atoms with E-state index in [2.05, 4.69) is 26.6 Å². The fraction of sp³-hybridized carbons (Fsp3) is 0.389. The topological polar surface area (TPSA) is 85.9 Å². The summed E-state index contributed by atoms with van der Waals surface area (Å²) >= 11 is 8.68. The van der Waals surface area contributed by atoms with Crippen LogP contribution >= 0.6 is 28.1 Å². The highest BCUT2D eigenvalue weighted by Gasteiger charge is 2.33. The second-order valence-corrected chi connectivity index (χ2v) is 6.89. The van der Waals surface area contributed by atoms with Crippen LogP contribution < -0.4 is 15.4 Å². The van der Waals surface area contributed by atoms with Crippen molar-refractivity contribution in [2.75, 3.05) is 19.8 Å². The number of hydrogen-bond acceptors (Lipinski definition) is 6. The lowest BCUT2D eigenvalue weighted by molar-refractivity contribution is -0.145. The first-order valence-corrected chi connectivity index (χ1v) is 9.60. The molecule has 1 aliphatic rings. The van der Waals surface area contributed by atoms with Gasteiger partial charge in [0, 0.05) is 15.7 Å². The Labute approximate surface area is 171 Å². The zero-order valence-electron chi connectivity index (χ0n) is 15.3. The standard InChI is InChI=1S/C18H21BrN2O5S/c1-4-24-14(22)9-26-13-7-6-11(19)8-12(13)16-15(17(23)25-5-2)10(3)20-18(27)21-16/h6-8,16H,4-5,9H2,1-3H3,(H2,20,21,27). The number of thiocarbonyl (C=S) groups is 1. The van der Waals surface area contributed by atoms with Gasteiger partial charge in [-0.25, -0.2) is 9.59 Å². The summed E-state index contributed by atoms with van der Waals surface area (Å²) in [5.41, 5.74) is 1.63. The number of hydrogen-bond donors (Lipinski definition) is 2. The van der Waals surface area contributed by atoms with Gasteiger partial charge in [-0.3, -0.25) is 0 Å². The molecule has 0 aliphatic carbocycles. The minimum Gasteiger partial charge on any atom is -0.482 e. The second-order valence-electron chi connectivity index (χ2n) is 5.57. The maximum atomic E-state index is 12.5. The van der Waals surface area contributed by atoms with E-state index < -0.39 is 18.0 Å². The van der Waals surface area contributed by atoms with Gasteiger partial charge in [0.05, 0.1) is 24.8 Å². The van der Waals surface area contributed by atoms with Gasteiger partial charge in [-0.05, 0) is 51.2 Å². The number of esters is 2. The van der Waals surface area contributed by atoms with E-state index in [0.717, 1.165) is 4.47 Å². The van der Waals surface area contributed by atoms with Gasteiger partial charge in [0.1, 0.15) is 5.75 Å². The van der Waals surface area contributed by atoms with Crippen LogP contribution in [0.4, 0.5) is 0 Å². The third kappa shape index (κ3) is 5.43. The van der Waals surface area contributed by atoms with E-state index in [0.29, 0.717) is 27.7 Å². The molecule has 1 heterocycles. The molecule has 0 bridgehead atoms. The molecule has 27 heavy (non-hydrogen) atoms. The lowest BCUT2D eigenvalue weighted by Crippen LogP contribution is -2.45. The molecular formula is C18H21BrN2O5S. The molecule has 1 atom stereocenters. The van der Waals surface area contributed by atoms with Crippen LogP contribution in [-0.4, -0.2) is 36.9 Å². The highest BCUT2D eigenvalue weighted by molar-refractivity contribution is 9.10. The fourth-order valence-electron chi connectivity index (χ4n) is 2.62. The summed E-state index contributed by atoms with van der Waals surface area (Å²) in [7, 11) is 0. The summed E-state index contributed by atoms with van der Waals surface area (Å²) in [6.07, 6.45) is 0. The van der Waals surface area contributed by atoms with E-state index in [-0.39, 0.29) is 19.8 Å². The van der Waals surface area contributed by atoms with Crippen molar-refractivity contribution in [1.82, 2.24) is 10.6 Å². The summed E-state index contributed by atoms with van der Waals surface area (Å²) in [6, 6.07) is 4.71. The Morgan fingerprint density at radius 3 is 2.59 bits per heavy atom. The van der Waals surface area contributed by atoms with E-state index in [9.17, 15) is 9.59 Å². The van der Waals surface area contributed by atoms with Crippen LogP contribution in [0.5, 0.6) is 5.75 Å². The fourth-order valence-corrected chi connectivity index (χ4v) is 3.27. The van der Waals surface area contributed by atoms with Crippen LogP contribution in [0.3, 0.4) is 0 Å². The van der Waals surface area contributed by atoms with Gasteiger partial charge in [0.25, 0.3) is 0 Å². The molecule has 2 rings (SSSR count). The highest BCUT2D eigenvalue weighted by Crippen LogP contribution is 2.35. The molecule has 1 unspecified atom stereocenters. The van der Waals surface area contributed by atoms with E-state index in [1.165, 1.54) is 0 Å². The van der Waals surface area contributed by atoms with Gasteiger partial charge < -0.3 is 24.8 Å². The number of ether oxygens (including phenoxy) is 3. The van der Waals surface area contributed by atoms with E-state index in [1.807, 2.05) is 0 Å². The maximum absolute atomic E-state index is 12.5. The summed E-state index contributed by atoms with van der Waals surface area (Å²) in [5, 5.41) is 6.40. The van der Waals surface area contributed by atoms with Crippen molar-refractivity contribution in [1.29, 1.82) is 0 Å². The Kier molecular flexibility index (Phi) is 7.61. The maximum Gasteiger partial charge on any atom is 0.344 e. The molecule has 0 radical (unpaired) electrons. The van der Waals surface area contributed by atoms with Crippen molar-refractivity contribution in [2.24, 2.45) is 0 Å². The number of allylic oxidation sites excluding steroid dienone is 1. The average molecular weight is 457 g/mol. The zero-order chi connectivity index (χ0) is 20.0. The number of halogens is 1. The van der Waals surface area contributed by atoms with Gasteiger partial charge in [-0.15, -0.1) is 0 Å². The molecule has 1 aliphatic heterocycles. The third-order valence-corrected chi connectivity index (χ3v) is 4.41. The Morgan fingerprint density at radius 2 is 1.93 bits per heavy atom. The average Bonchev–Trinajstić information content (AvgIpc) is 2.60. The molecule has 1 aromatic rings. The predicted octanol–water partition coefficient (Wildman–Crippen LogP) is 2.75. The summed E-state index contributed by atoms with van der Waals surface area (Å²) in [6.45, 7) is 5.50. The number of benzene rings is 1. The summed E-state index contributed by atoms with van der Waals surface area (Å²) < 4.78 is 16.5. The van der Waals surface area contributed by atoms with Gasteiger partial charge >= 0.3 is 11.9 Å². The first-order chi connectivity index (χ1) is 12.9. The van der Waals surface area contributed by atoms with Crippen molar-refractivity contribution in [2.45, 2.75) is 26.8 Å². The smallest absolute Gasteiger partial charge is 0.344 e. The van der Waals surface area contributed by atoms with Gasteiger partial charge in [-0.1, -0.05) is 15.9 Å². The van der Waals surface area contributed by atoms with Gasteiger partial charge in [0.15, 0.2) is 11.7 Å². The van der Waals surface area contributed by atoms with Crippen LogP contribution in [0, 0.1) is 0 Å². The van der Waals surface area contributed by atoms with Crippen molar-refractivity contribution < 1.29 is 23.8 Å². The van der Waals surface area contributed by atoms with E-state index in [4.69, 9.17) is 26.4 Å². The number of carbonyl (C=O) groups excluding carboxylic acids is 2. The van der Waals surface area contributed by atoms with Crippen molar-refractivity contribution in [3.8, 4) is 5.75 Å². The van der Waals surface area contributed by atoms with Crippen LogP contribution in [0.15, 0.2) is 33.9 Å². The zero-order valence-corrected chi connectivity index (χ0v) is 17.7. The van der Waals surface area contributed by atoms with Crippen molar-refractivity contribution in [3.05, 3.63) is 39.5 Å². The highest BCUT2D eigenvalue weighted by atomic mass is 79.9. The van der Waals surface area contributed by atoms with Crippen LogP contribution in [0.1, 0.15) is 32.4 Å². The molecule has 2 N–H and O–H groups in total. The molecule has 7 nitrogen and oxygen atoms in total. The largest absolute Gasteiger partial charge is 0.482 e. The minimum atomic E-state index is -0.590. The molecule has 0 fully saturated rings. The normalized spacial score (nSPS) is 16.3.